The maximum absolute atomic E-state index is 12.3. The molecule has 132 valence electrons. The highest BCUT2D eigenvalue weighted by molar-refractivity contribution is 5.89. The molecule has 1 heterocycles. The number of hydrogen-bond donors (Lipinski definition) is 0. The van der Waals surface area contributed by atoms with Gasteiger partial charge in [0.25, 0.3) is 6.43 Å². The van der Waals surface area contributed by atoms with Gasteiger partial charge in [0.05, 0.1) is 19.2 Å². The molecule has 0 aromatic heterocycles. The molecule has 1 aliphatic rings. The predicted octanol–water partition coefficient (Wildman–Crippen LogP) is 1.82. The molecule has 24 heavy (non-hydrogen) atoms. The number of alkyl halides is 2. The molecule has 0 N–H and O–H groups in total. The topological polar surface area (TPSA) is 49.9 Å². The van der Waals surface area contributed by atoms with E-state index in [1.165, 1.54) is 7.11 Å². The third-order valence-corrected chi connectivity index (χ3v) is 4.12. The van der Waals surface area contributed by atoms with Gasteiger partial charge in [-0.1, -0.05) is 12.1 Å². The Labute approximate surface area is 140 Å². The average molecular weight is 340 g/mol. The Balaban J connectivity index is 1.76. The third-order valence-electron chi connectivity index (χ3n) is 4.12. The third kappa shape index (κ3) is 5.26. The van der Waals surface area contributed by atoms with E-state index in [-0.39, 0.29) is 18.4 Å². The lowest BCUT2D eigenvalue weighted by molar-refractivity contribution is -0.133. The van der Waals surface area contributed by atoms with E-state index < -0.39 is 6.43 Å². The first-order chi connectivity index (χ1) is 11.5. The van der Waals surface area contributed by atoms with Gasteiger partial charge in [-0.3, -0.25) is 9.69 Å². The largest absolute Gasteiger partial charge is 0.465 e. The van der Waals surface area contributed by atoms with Crippen molar-refractivity contribution in [3.63, 3.8) is 0 Å². The van der Waals surface area contributed by atoms with Crippen molar-refractivity contribution in [2.75, 3.05) is 39.8 Å². The number of ether oxygens (including phenoxy) is 1. The lowest BCUT2D eigenvalue weighted by Gasteiger charge is -2.34. The minimum absolute atomic E-state index is 0.0312. The summed E-state index contributed by atoms with van der Waals surface area (Å²) < 4.78 is 29.3. The summed E-state index contributed by atoms with van der Waals surface area (Å²) in [6.45, 7) is 1.74. The van der Waals surface area contributed by atoms with Gasteiger partial charge in [-0.15, -0.1) is 0 Å². The number of carbonyl (C=O) groups excluding carboxylic acids is 2. The number of nitrogens with zero attached hydrogens (tertiary/aromatic N) is 2. The first kappa shape index (κ1) is 18.3. The smallest absolute Gasteiger partial charge is 0.337 e. The zero-order chi connectivity index (χ0) is 17.5. The summed E-state index contributed by atoms with van der Waals surface area (Å²) in [5.74, 6) is -0.358. The normalized spacial score (nSPS) is 15.6. The van der Waals surface area contributed by atoms with Crippen LogP contribution in [0, 0.1) is 0 Å². The van der Waals surface area contributed by atoms with Gasteiger partial charge in [-0.2, -0.15) is 0 Å². The molecule has 7 heteroatoms. The molecule has 1 aromatic rings. The van der Waals surface area contributed by atoms with Crippen molar-refractivity contribution in [1.82, 2.24) is 9.80 Å². The van der Waals surface area contributed by atoms with Crippen molar-refractivity contribution in [3.8, 4) is 0 Å². The number of piperazine rings is 1. The quantitative estimate of drug-likeness (QED) is 0.741. The minimum Gasteiger partial charge on any atom is -0.465 e. The summed E-state index contributed by atoms with van der Waals surface area (Å²) in [5, 5.41) is 0. The molecule has 0 aliphatic carbocycles. The number of hydrogen-bond acceptors (Lipinski definition) is 4. The van der Waals surface area contributed by atoms with Crippen molar-refractivity contribution < 1.29 is 23.1 Å². The maximum atomic E-state index is 12.3. The van der Waals surface area contributed by atoms with Crippen molar-refractivity contribution >= 4 is 11.9 Å². The van der Waals surface area contributed by atoms with Crippen LogP contribution in [0.15, 0.2) is 24.3 Å². The molecule has 0 unspecified atom stereocenters. The van der Waals surface area contributed by atoms with Gasteiger partial charge in [-0.05, 0) is 24.1 Å². The second-order valence-corrected chi connectivity index (χ2v) is 5.76. The fraction of sp³-hybridized carbons (Fsp3) is 0.529. The van der Waals surface area contributed by atoms with E-state index in [4.69, 9.17) is 0 Å². The molecule has 0 radical (unpaired) electrons. The number of carbonyl (C=O) groups is 2. The number of rotatable bonds is 6. The number of benzene rings is 1. The van der Waals surface area contributed by atoms with Gasteiger partial charge in [0.15, 0.2) is 0 Å². The highest BCUT2D eigenvalue weighted by Gasteiger charge is 2.22. The Morgan fingerprint density at radius 1 is 1.12 bits per heavy atom. The lowest BCUT2D eigenvalue weighted by atomic mass is 10.1. The highest BCUT2D eigenvalue weighted by atomic mass is 19.3. The summed E-state index contributed by atoms with van der Waals surface area (Å²) in [4.78, 5) is 27.0. The van der Waals surface area contributed by atoms with Crippen LogP contribution in [0.4, 0.5) is 8.78 Å². The van der Waals surface area contributed by atoms with Crippen LogP contribution in [-0.2, 0) is 16.0 Å². The van der Waals surface area contributed by atoms with Crippen LogP contribution in [0.3, 0.4) is 0 Å². The van der Waals surface area contributed by atoms with E-state index in [2.05, 4.69) is 4.74 Å². The van der Waals surface area contributed by atoms with Gasteiger partial charge in [0.2, 0.25) is 5.91 Å². The molecule has 1 fully saturated rings. The SMILES string of the molecule is COC(=O)c1ccc(CCC(=O)N2CCN(CC(F)F)CC2)cc1. The average Bonchev–Trinajstić information content (AvgIpc) is 2.59. The van der Waals surface area contributed by atoms with Crippen LogP contribution in [0.1, 0.15) is 22.3 Å². The fourth-order valence-corrected chi connectivity index (χ4v) is 2.71. The summed E-state index contributed by atoms with van der Waals surface area (Å²) in [7, 11) is 1.33. The molecular formula is C17H22F2N2O3. The predicted molar refractivity (Wildman–Crippen MR) is 85.1 cm³/mol. The standard InChI is InChI=1S/C17H22F2N2O3/c1-24-17(23)14-5-2-13(3-6-14)4-7-16(22)21-10-8-20(9-11-21)12-15(18)19/h2-3,5-6,15H,4,7-12H2,1H3. The zero-order valence-corrected chi connectivity index (χ0v) is 13.7. The van der Waals surface area contributed by atoms with Crippen LogP contribution in [0.5, 0.6) is 0 Å². The summed E-state index contributed by atoms with van der Waals surface area (Å²) in [5.41, 5.74) is 1.44. The molecule has 5 nitrogen and oxygen atoms in total. The van der Waals surface area contributed by atoms with Crippen molar-refractivity contribution in [1.29, 1.82) is 0 Å². The molecule has 1 saturated heterocycles. The summed E-state index contributed by atoms with van der Waals surface area (Å²) in [6, 6.07) is 6.96. The second-order valence-electron chi connectivity index (χ2n) is 5.76. The van der Waals surface area contributed by atoms with E-state index in [1.54, 1.807) is 34.1 Å². The van der Waals surface area contributed by atoms with Gasteiger partial charge < -0.3 is 9.64 Å². The van der Waals surface area contributed by atoms with E-state index in [0.29, 0.717) is 44.6 Å². The molecule has 1 amide bonds. The van der Waals surface area contributed by atoms with E-state index in [0.717, 1.165) is 5.56 Å². The Hall–Kier alpha value is -2.02. The molecule has 2 rings (SSSR count). The number of esters is 1. The van der Waals surface area contributed by atoms with Crippen molar-refractivity contribution in [3.05, 3.63) is 35.4 Å². The fourth-order valence-electron chi connectivity index (χ4n) is 2.71. The lowest BCUT2D eigenvalue weighted by Crippen LogP contribution is -2.49. The number of methoxy groups -OCH3 is 1. The minimum atomic E-state index is -2.33. The highest BCUT2D eigenvalue weighted by Crippen LogP contribution is 2.11. The van der Waals surface area contributed by atoms with Crippen LogP contribution in [0.2, 0.25) is 0 Å². The molecule has 1 aliphatic heterocycles. The molecule has 1 aromatic carbocycles. The van der Waals surface area contributed by atoms with Gasteiger partial charge in [0.1, 0.15) is 0 Å². The Bertz CT molecular complexity index is 555. The number of amides is 1. The second kappa shape index (κ2) is 8.73. The number of halogens is 2. The van der Waals surface area contributed by atoms with Crippen molar-refractivity contribution in [2.45, 2.75) is 19.3 Å². The molecule has 0 bridgehead atoms. The number of aryl methyl sites for hydroxylation is 1. The van der Waals surface area contributed by atoms with Gasteiger partial charge in [0, 0.05) is 32.6 Å². The Morgan fingerprint density at radius 3 is 2.29 bits per heavy atom. The Morgan fingerprint density at radius 2 is 1.75 bits per heavy atom. The summed E-state index contributed by atoms with van der Waals surface area (Å²) >= 11 is 0. The van der Waals surface area contributed by atoms with E-state index in [1.807, 2.05) is 0 Å². The van der Waals surface area contributed by atoms with Crippen LogP contribution in [0.25, 0.3) is 0 Å². The monoisotopic (exact) mass is 340 g/mol. The maximum Gasteiger partial charge on any atom is 0.337 e. The summed E-state index contributed by atoms with van der Waals surface area (Å²) in [6.07, 6.45) is -1.38. The van der Waals surface area contributed by atoms with Crippen LogP contribution in [-0.4, -0.2) is 67.9 Å². The molecular weight excluding hydrogens is 318 g/mol. The molecule has 0 spiro atoms. The Kier molecular flexibility index (Phi) is 6.66. The van der Waals surface area contributed by atoms with Gasteiger partial charge in [-0.25, -0.2) is 13.6 Å². The van der Waals surface area contributed by atoms with E-state index >= 15 is 0 Å². The molecule has 0 atom stereocenters. The van der Waals surface area contributed by atoms with Crippen molar-refractivity contribution in [2.24, 2.45) is 0 Å². The van der Waals surface area contributed by atoms with Crippen LogP contribution >= 0.6 is 0 Å². The van der Waals surface area contributed by atoms with Crippen LogP contribution < -0.4 is 0 Å². The first-order valence-corrected chi connectivity index (χ1v) is 7.95. The van der Waals surface area contributed by atoms with E-state index in [9.17, 15) is 18.4 Å². The zero-order valence-electron chi connectivity index (χ0n) is 13.7. The molecule has 0 saturated carbocycles. The first-order valence-electron chi connectivity index (χ1n) is 7.95. The van der Waals surface area contributed by atoms with Gasteiger partial charge >= 0.3 is 5.97 Å².